The summed E-state index contributed by atoms with van der Waals surface area (Å²) in [6, 6.07) is -1.21. The van der Waals surface area contributed by atoms with Crippen LogP contribution < -0.4 is 11.1 Å². The molecule has 0 aromatic heterocycles. The number of likely N-dealkylation sites (N-methyl/N-ethyl adjacent to an activating group) is 1. The van der Waals surface area contributed by atoms with Crippen LogP contribution in [0.15, 0.2) is 0 Å². The van der Waals surface area contributed by atoms with Gasteiger partial charge >= 0.3 is 5.97 Å². The molecule has 0 aromatic carbocycles. The van der Waals surface area contributed by atoms with E-state index < -0.39 is 17.9 Å². The lowest BCUT2D eigenvalue weighted by Gasteiger charge is -2.05. The molecule has 0 fully saturated rings. The van der Waals surface area contributed by atoms with Gasteiger partial charge in [-0.2, -0.15) is 0 Å². The van der Waals surface area contributed by atoms with Crippen LogP contribution >= 0.6 is 0 Å². The maximum atomic E-state index is 10.6. The van der Waals surface area contributed by atoms with Crippen LogP contribution in [-0.2, 0) is 14.3 Å². The number of nitrogens with one attached hydrogen (secondary N) is 1. The molecule has 58 valence electrons. The minimum absolute atomic E-state index is 0.549. The van der Waals surface area contributed by atoms with Crippen molar-refractivity contribution in [1.82, 2.24) is 5.32 Å². The summed E-state index contributed by atoms with van der Waals surface area (Å²) in [6.45, 7) is 0. The minimum Gasteiger partial charge on any atom is -0.467 e. The van der Waals surface area contributed by atoms with Crippen molar-refractivity contribution >= 4 is 11.9 Å². The predicted octanol–water partition coefficient (Wildman–Crippen LogP) is -1.77. The third-order valence-electron chi connectivity index (χ3n) is 0.984. The highest BCUT2D eigenvalue weighted by molar-refractivity contribution is 6.01. The number of amides is 1. The average molecular weight is 146 g/mol. The largest absolute Gasteiger partial charge is 0.467 e. The zero-order valence-corrected chi connectivity index (χ0v) is 5.88. The van der Waals surface area contributed by atoms with Crippen LogP contribution in [0.5, 0.6) is 0 Å². The quantitative estimate of drug-likeness (QED) is 0.357. The van der Waals surface area contributed by atoms with Gasteiger partial charge in [-0.15, -0.1) is 0 Å². The number of nitrogens with two attached hydrogens (primary N) is 1. The van der Waals surface area contributed by atoms with Gasteiger partial charge in [-0.3, -0.25) is 4.79 Å². The van der Waals surface area contributed by atoms with Gasteiger partial charge in [0.1, 0.15) is 0 Å². The minimum atomic E-state index is -1.21. The monoisotopic (exact) mass is 146 g/mol. The molecule has 10 heavy (non-hydrogen) atoms. The second kappa shape index (κ2) is 3.84. The smallest absolute Gasteiger partial charge is 0.332 e. The highest BCUT2D eigenvalue weighted by Crippen LogP contribution is 1.81. The molecule has 0 rings (SSSR count). The van der Waals surface area contributed by atoms with Gasteiger partial charge < -0.3 is 15.8 Å². The van der Waals surface area contributed by atoms with Crippen molar-refractivity contribution in [3.63, 3.8) is 0 Å². The number of rotatable bonds is 2. The summed E-state index contributed by atoms with van der Waals surface area (Å²) in [5, 5.41) is 2.22. The van der Waals surface area contributed by atoms with Gasteiger partial charge in [-0.1, -0.05) is 0 Å². The number of hydrogen-bond acceptors (Lipinski definition) is 4. The SMILES string of the molecule is CNC(=O)C(N)C(=O)OC. The normalized spacial score (nSPS) is 11.9. The zero-order chi connectivity index (χ0) is 8.15. The second-order valence-electron chi connectivity index (χ2n) is 1.62. The summed E-state index contributed by atoms with van der Waals surface area (Å²) in [5.74, 6) is -1.29. The fourth-order valence-electron chi connectivity index (χ4n) is 0.390. The van der Waals surface area contributed by atoms with E-state index in [2.05, 4.69) is 10.1 Å². The Balaban J connectivity index is 3.94. The van der Waals surface area contributed by atoms with Crippen LogP contribution in [0, 0.1) is 0 Å². The van der Waals surface area contributed by atoms with Crippen LogP contribution in [0.25, 0.3) is 0 Å². The summed E-state index contributed by atoms with van der Waals surface area (Å²) in [6.07, 6.45) is 0. The van der Waals surface area contributed by atoms with Crippen LogP contribution in [0.1, 0.15) is 0 Å². The van der Waals surface area contributed by atoms with Gasteiger partial charge in [0.2, 0.25) is 5.91 Å². The first-order valence-corrected chi connectivity index (χ1v) is 2.68. The zero-order valence-electron chi connectivity index (χ0n) is 5.88. The van der Waals surface area contributed by atoms with E-state index in [0.717, 1.165) is 0 Å². The molecule has 5 heteroatoms. The molecule has 3 N–H and O–H groups in total. The molecular formula is C5H10N2O3. The summed E-state index contributed by atoms with van der Waals surface area (Å²) in [5.41, 5.74) is 5.10. The first kappa shape index (κ1) is 8.90. The standard InChI is InChI=1S/C5H10N2O3/c1-7-4(8)3(6)5(9)10-2/h3H,6H2,1-2H3,(H,7,8). The molecule has 5 nitrogen and oxygen atoms in total. The van der Waals surface area contributed by atoms with Crippen molar-refractivity contribution in [3.8, 4) is 0 Å². The van der Waals surface area contributed by atoms with Gasteiger partial charge in [0.15, 0.2) is 6.04 Å². The summed E-state index contributed by atoms with van der Waals surface area (Å²) in [4.78, 5) is 21.1. The Hall–Kier alpha value is -1.10. The van der Waals surface area contributed by atoms with Crippen molar-refractivity contribution in [2.75, 3.05) is 14.2 Å². The number of esters is 1. The van der Waals surface area contributed by atoms with E-state index in [4.69, 9.17) is 5.73 Å². The molecule has 0 aromatic rings. The van der Waals surface area contributed by atoms with Crippen LogP contribution in [-0.4, -0.2) is 32.1 Å². The van der Waals surface area contributed by atoms with Crippen molar-refractivity contribution in [3.05, 3.63) is 0 Å². The van der Waals surface area contributed by atoms with Crippen molar-refractivity contribution in [2.45, 2.75) is 6.04 Å². The topological polar surface area (TPSA) is 81.4 Å². The van der Waals surface area contributed by atoms with E-state index in [1.165, 1.54) is 14.2 Å². The van der Waals surface area contributed by atoms with Gasteiger partial charge in [-0.25, -0.2) is 4.79 Å². The molecule has 0 aliphatic carbocycles. The van der Waals surface area contributed by atoms with E-state index in [1.54, 1.807) is 0 Å². The average Bonchev–Trinajstić information content (AvgIpc) is 2.00. The molecular weight excluding hydrogens is 136 g/mol. The second-order valence-corrected chi connectivity index (χ2v) is 1.62. The highest BCUT2D eigenvalue weighted by atomic mass is 16.5. The molecule has 0 saturated heterocycles. The van der Waals surface area contributed by atoms with E-state index in [0.29, 0.717) is 0 Å². The fraction of sp³-hybridized carbons (Fsp3) is 0.600. The predicted molar refractivity (Wildman–Crippen MR) is 34.1 cm³/mol. The lowest BCUT2D eigenvalue weighted by molar-refractivity contribution is -0.145. The molecule has 1 amide bonds. The third kappa shape index (κ3) is 2.02. The third-order valence-corrected chi connectivity index (χ3v) is 0.984. The maximum absolute atomic E-state index is 10.6. The Bertz CT molecular complexity index is 130. The Labute approximate surface area is 58.5 Å². The Kier molecular flexibility index (Phi) is 3.42. The first-order valence-electron chi connectivity index (χ1n) is 2.68. The molecule has 0 bridgehead atoms. The van der Waals surface area contributed by atoms with Gasteiger partial charge in [0.05, 0.1) is 7.11 Å². The van der Waals surface area contributed by atoms with Crippen molar-refractivity contribution in [2.24, 2.45) is 5.73 Å². The van der Waals surface area contributed by atoms with Gasteiger partial charge in [0, 0.05) is 7.05 Å². The number of carbonyl (C=O) groups excluding carboxylic acids is 2. The summed E-state index contributed by atoms with van der Waals surface area (Å²) >= 11 is 0. The Morgan fingerprint density at radius 3 is 2.40 bits per heavy atom. The number of ether oxygens (including phenoxy) is 1. The number of methoxy groups -OCH3 is 1. The van der Waals surface area contributed by atoms with Crippen LogP contribution in [0.2, 0.25) is 0 Å². The first-order chi connectivity index (χ1) is 4.63. The molecule has 0 radical (unpaired) electrons. The Morgan fingerprint density at radius 1 is 1.60 bits per heavy atom. The molecule has 1 atom stereocenters. The van der Waals surface area contributed by atoms with Crippen molar-refractivity contribution in [1.29, 1.82) is 0 Å². The molecule has 0 spiro atoms. The van der Waals surface area contributed by atoms with Crippen LogP contribution in [0.4, 0.5) is 0 Å². The molecule has 0 aliphatic heterocycles. The Morgan fingerprint density at radius 2 is 2.10 bits per heavy atom. The molecule has 0 aliphatic rings. The number of hydrogen-bond donors (Lipinski definition) is 2. The van der Waals surface area contributed by atoms with E-state index in [-0.39, 0.29) is 0 Å². The van der Waals surface area contributed by atoms with Crippen molar-refractivity contribution < 1.29 is 14.3 Å². The van der Waals surface area contributed by atoms with Gasteiger partial charge in [-0.05, 0) is 0 Å². The lowest BCUT2D eigenvalue weighted by atomic mass is 10.3. The highest BCUT2D eigenvalue weighted by Gasteiger charge is 2.20. The number of carbonyl (C=O) groups is 2. The van der Waals surface area contributed by atoms with Crippen LogP contribution in [0.3, 0.4) is 0 Å². The maximum Gasteiger partial charge on any atom is 0.332 e. The molecule has 1 unspecified atom stereocenters. The van der Waals surface area contributed by atoms with E-state index in [9.17, 15) is 9.59 Å². The summed E-state index contributed by atoms with van der Waals surface area (Å²) in [7, 11) is 2.57. The fourth-order valence-corrected chi connectivity index (χ4v) is 0.390. The van der Waals surface area contributed by atoms with Gasteiger partial charge in [0.25, 0.3) is 0 Å². The lowest BCUT2D eigenvalue weighted by Crippen LogP contribution is -2.45. The molecule has 0 saturated carbocycles. The van der Waals surface area contributed by atoms with E-state index >= 15 is 0 Å². The van der Waals surface area contributed by atoms with E-state index in [1.807, 2.05) is 0 Å². The molecule has 0 heterocycles. The summed E-state index contributed by atoms with van der Waals surface area (Å²) < 4.78 is 4.21.